The Morgan fingerprint density at radius 2 is 0.977 bits per heavy atom. The van der Waals surface area contributed by atoms with E-state index in [0.717, 1.165) is 52.5 Å². The summed E-state index contributed by atoms with van der Waals surface area (Å²) in [6.45, 7) is 9.49. The average Bonchev–Trinajstić information content (AvgIpc) is 0.885. The molecule has 49 heteroatoms. The van der Waals surface area contributed by atoms with Crippen molar-refractivity contribution >= 4 is 141 Å². The number of carboxylic acids is 3. The number of aliphatic hydroxyl groups is 2. The summed E-state index contributed by atoms with van der Waals surface area (Å²) in [7, 11) is 0. The van der Waals surface area contributed by atoms with Crippen LogP contribution in [0.3, 0.4) is 0 Å². The molecule has 24 N–H and O–H groups in total. The SMILES string of the molecule is CC(=O)N[C@@H](C(=O)N[C@H](Cc1c[nH]cn1)C(=O)N[C@H](CCCC(=O)O)C(=O)N[C@H](C)C(=O)N[C@H](C)C(=O)N[C@H](C)C(=O)N[C@H](CSC1CC(=O)N(CCNC(=O)c2ccc(C(=O)O)c(-c3c4ccc(=O)cc-4oc4cc(O)ccc34)c2)C1=O)C(=O)N[C@H](C)C(=O)N[C@H](C)C(=O)N[C@H](C)C(=O)N[C@@H](C(=O)N[C@H](Cc1c[nH]cn1)C(=O)N[C@H](CCC(=O)O)C(N)=O)[C@H](C)O)[C@H](C)O. The number of aromatic amines is 2. The van der Waals surface area contributed by atoms with Crippen LogP contribution in [-0.2, 0) is 99.1 Å². The Hall–Kier alpha value is -14.8. The third kappa shape index (κ3) is 29.4. The number of likely N-dealkylation sites (tertiary alicyclic amines) is 1. The zero-order valence-corrected chi connectivity index (χ0v) is 72.3. The van der Waals surface area contributed by atoms with Crippen LogP contribution in [-0.4, -0.2) is 289 Å². The Bertz CT molecular complexity index is 5280. The van der Waals surface area contributed by atoms with Crippen molar-refractivity contribution in [3.8, 4) is 28.2 Å². The molecule has 7 rings (SSSR count). The maximum Gasteiger partial charge on any atom is 0.336 e. The van der Waals surface area contributed by atoms with Crippen molar-refractivity contribution in [3.63, 3.8) is 0 Å². The molecule has 3 aliphatic rings. The molecule has 2 aliphatic heterocycles. The maximum atomic E-state index is 14.5. The van der Waals surface area contributed by atoms with Gasteiger partial charge < -0.3 is 125 Å². The van der Waals surface area contributed by atoms with Crippen molar-refractivity contribution in [1.29, 1.82) is 0 Å². The van der Waals surface area contributed by atoms with Crippen LogP contribution in [0.25, 0.3) is 33.4 Å². The number of carboxylic acid groups (broad SMARTS) is 3. The number of nitrogens with two attached hydrogens (primary N) is 1. The van der Waals surface area contributed by atoms with Gasteiger partial charge in [0.1, 0.15) is 95.6 Å². The van der Waals surface area contributed by atoms with E-state index in [2.05, 4.69) is 94.4 Å². The summed E-state index contributed by atoms with van der Waals surface area (Å²) in [4.78, 5) is 294. The molecule has 1 saturated heterocycles. The minimum atomic E-state index is -1.85. The van der Waals surface area contributed by atoms with E-state index in [4.69, 9.17) is 15.3 Å². The zero-order valence-electron chi connectivity index (χ0n) is 71.5. The second-order valence-corrected chi connectivity index (χ2v) is 31.8. The summed E-state index contributed by atoms with van der Waals surface area (Å²) >= 11 is 0.676. The van der Waals surface area contributed by atoms with Crippen molar-refractivity contribution in [2.24, 2.45) is 5.73 Å². The zero-order chi connectivity index (χ0) is 96.4. The van der Waals surface area contributed by atoms with Crippen LogP contribution < -0.4 is 85.6 Å². The summed E-state index contributed by atoms with van der Waals surface area (Å²) in [6, 6.07) is -9.34. The molecule has 0 bridgehead atoms. The number of imidazole rings is 2. The molecular weight excluding hydrogens is 1730 g/mol. The monoisotopic (exact) mass is 1830 g/mol. The Morgan fingerprint density at radius 1 is 0.515 bits per heavy atom. The summed E-state index contributed by atoms with van der Waals surface area (Å²) in [5, 5.41) is 92.4. The first-order chi connectivity index (χ1) is 61.2. The number of aromatic hydroxyl groups is 1. The fraction of sp³-hybridized carbons (Fsp3) is 0.444. The van der Waals surface area contributed by atoms with Crippen LogP contribution in [0.15, 0.2) is 88.9 Å². The first kappa shape index (κ1) is 102. The quantitative estimate of drug-likeness (QED) is 0.0125. The van der Waals surface area contributed by atoms with Crippen molar-refractivity contribution in [2.75, 3.05) is 18.8 Å². The van der Waals surface area contributed by atoms with Gasteiger partial charge >= 0.3 is 17.9 Å². The van der Waals surface area contributed by atoms with Gasteiger partial charge in [-0.2, -0.15) is 0 Å². The van der Waals surface area contributed by atoms with Gasteiger partial charge in [-0.3, -0.25) is 101 Å². The molecule has 0 radical (unpaired) electrons. The predicted octanol–water partition coefficient (Wildman–Crippen LogP) is -5.70. The number of aliphatic hydroxyl groups excluding tert-OH is 2. The third-order valence-corrected chi connectivity index (χ3v) is 21.4. The Balaban J connectivity index is 1.02. The van der Waals surface area contributed by atoms with E-state index < -0.39 is 258 Å². The summed E-state index contributed by atoms with van der Waals surface area (Å²) in [5.74, 6) is -21.8. The van der Waals surface area contributed by atoms with E-state index in [1.54, 1.807) is 0 Å². The second kappa shape index (κ2) is 47.1. The van der Waals surface area contributed by atoms with Gasteiger partial charge in [0, 0.05) is 104 Å². The van der Waals surface area contributed by atoms with Crippen LogP contribution >= 0.6 is 11.8 Å². The molecule has 700 valence electrons. The van der Waals surface area contributed by atoms with Crippen molar-refractivity contribution < 1.29 is 131 Å². The molecule has 2 aromatic heterocycles. The van der Waals surface area contributed by atoms with E-state index in [0.29, 0.717) is 17.1 Å². The van der Waals surface area contributed by atoms with Gasteiger partial charge in [-0.25, -0.2) is 14.8 Å². The first-order valence-corrected chi connectivity index (χ1v) is 41.5. The molecule has 16 atom stereocenters. The molecule has 4 heterocycles. The Morgan fingerprint density at radius 3 is 1.45 bits per heavy atom. The lowest BCUT2D eigenvalue weighted by Gasteiger charge is -2.27. The fourth-order valence-corrected chi connectivity index (χ4v) is 14.2. The highest BCUT2D eigenvalue weighted by atomic mass is 32.2. The number of carbonyl (C=O) groups is 20. The van der Waals surface area contributed by atoms with Gasteiger partial charge in [0.2, 0.25) is 94.5 Å². The van der Waals surface area contributed by atoms with E-state index in [-0.39, 0.29) is 88.5 Å². The number of H-pyrrole nitrogens is 2. The minimum Gasteiger partial charge on any atom is -0.508 e. The molecule has 130 heavy (non-hydrogen) atoms. The smallest absolute Gasteiger partial charge is 0.336 e. The maximum absolute atomic E-state index is 14.5. The van der Waals surface area contributed by atoms with E-state index in [9.17, 15) is 126 Å². The molecular formula is C81H102N20O28S. The molecule has 1 unspecified atom stereocenters. The normalized spacial score (nSPS) is 15.9. The van der Waals surface area contributed by atoms with Crippen LogP contribution in [0.2, 0.25) is 0 Å². The standard InChI is InChI=1S/C81H102N20O28S/c1-34(88-69(115)36(3)92-74(120)53(11-10-12-61(108)109)96-76(122)55(25-45-30-84-33-87-45)97-78(124)64(40(7)102)94-42(9)104)67(113)90-38(5)71(117)99-56(31-130-59-28-60(107)101(80(59)126)22-21-85-73(119)43-13-16-48(81(127)128)51(23-43)63-49-17-14-46(105)26-57(49)129-58-27-47(106)15-18-50(58)63)77(123)93-37(4)70(116)89-35(2)68(114)91-39(6)72(118)100-65(41(8)103)79(125)98-54(24-44-29-83-32-86-44)75(121)95-52(66(82)112)19-20-62(110)111/h13-18,23,26-27,29-30,32-41,52-56,59,64-65,102-103,105H,10-12,19-22,24-25,28,31H2,1-9H3,(H2,82,112)(H,83,86)(H,84,87)(H,85,119)(H,88,115)(H,89,116)(H,90,113)(H,91,114)(H,92,120)(H,93,123)(H,94,104)(H,95,121)(H,96,122)(H,97,124)(H,98,125)(H,99,117)(H,100,118)(H,108,109)(H,110,111)(H,127,128)/t34-,35-,36-,37-,38-,39-,40+,41+,52-,53-,54-,55-,56-,59?,64-,65-/m1/s1. The molecule has 0 spiro atoms. The highest BCUT2D eigenvalue weighted by Gasteiger charge is 2.42. The van der Waals surface area contributed by atoms with Crippen LogP contribution in [0.5, 0.6) is 5.75 Å². The number of rotatable bonds is 48. The molecule has 4 aromatic rings. The van der Waals surface area contributed by atoms with Gasteiger partial charge in [0.25, 0.3) is 5.91 Å². The lowest BCUT2D eigenvalue weighted by Crippen LogP contribution is -2.61. The number of hydrogen-bond acceptors (Lipinski definition) is 28. The molecule has 17 amide bonds. The number of aromatic nitrogens is 4. The van der Waals surface area contributed by atoms with Crippen molar-refractivity contribution in [1.82, 2.24) is 99.3 Å². The van der Waals surface area contributed by atoms with Gasteiger partial charge in [0.05, 0.1) is 47.1 Å². The second-order valence-electron chi connectivity index (χ2n) is 30.5. The lowest BCUT2D eigenvalue weighted by molar-refractivity contribution is -0.139. The van der Waals surface area contributed by atoms with Crippen LogP contribution in [0.1, 0.15) is 133 Å². The van der Waals surface area contributed by atoms with Gasteiger partial charge in [-0.05, 0) is 123 Å². The molecule has 1 fully saturated rings. The number of primary amides is 1. The topological polar surface area (TPSA) is 748 Å². The number of aromatic carboxylic acids is 1. The van der Waals surface area contributed by atoms with Gasteiger partial charge in [0.15, 0.2) is 5.43 Å². The Labute approximate surface area is 742 Å². The number of amides is 17. The fourth-order valence-electron chi connectivity index (χ4n) is 13.0. The molecule has 0 saturated carbocycles. The number of imide groups is 1. The number of phenols is 1. The van der Waals surface area contributed by atoms with Crippen molar-refractivity contribution in [3.05, 3.63) is 112 Å². The minimum absolute atomic E-state index is 0.00256. The number of nitrogens with zero attached hydrogens (tertiary/aromatic N) is 3. The number of fused-ring (bicyclic) bond motifs is 2. The molecule has 1 aliphatic carbocycles. The predicted molar refractivity (Wildman–Crippen MR) is 453 cm³/mol. The third-order valence-electron chi connectivity index (χ3n) is 20.1. The Kier molecular flexibility index (Phi) is 37.1. The summed E-state index contributed by atoms with van der Waals surface area (Å²) < 4.78 is 5.91. The summed E-state index contributed by atoms with van der Waals surface area (Å²) in [5.41, 5.74) is 5.57. The molecule has 48 nitrogen and oxygen atoms in total. The highest BCUT2D eigenvalue weighted by Crippen LogP contribution is 2.42. The number of phenolic OH excluding ortho intramolecular Hbond substituents is 1. The number of aliphatic carboxylic acids is 2. The van der Waals surface area contributed by atoms with Gasteiger partial charge in [-0.15, -0.1) is 11.8 Å². The number of carbonyl (C=O) groups excluding carboxylic acids is 17. The lowest BCUT2D eigenvalue weighted by atomic mass is 9.89. The van der Waals surface area contributed by atoms with Crippen LogP contribution in [0.4, 0.5) is 0 Å². The van der Waals surface area contributed by atoms with E-state index >= 15 is 0 Å². The first-order valence-electron chi connectivity index (χ1n) is 40.5. The largest absolute Gasteiger partial charge is 0.508 e. The van der Waals surface area contributed by atoms with E-state index in [1.807, 2.05) is 0 Å². The molecule has 2 aromatic carbocycles. The highest BCUT2D eigenvalue weighted by molar-refractivity contribution is 8.00. The van der Waals surface area contributed by atoms with E-state index in [1.165, 1.54) is 94.4 Å². The van der Waals surface area contributed by atoms with Crippen LogP contribution in [0, 0.1) is 0 Å². The summed E-state index contributed by atoms with van der Waals surface area (Å²) in [6.07, 6.45) is -1.12. The number of benzene rings is 3. The van der Waals surface area contributed by atoms with Crippen molar-refractivity contribution in [2.45, 2.75) is 210 Å². The number of hydrogen-bond donors (Lipinski definition) is 23. The average molecular weight is 1840 g/mol. The number of thioether (sulfide) groups is 1. The number of nitrogens with one attached hydrogen (secondary N) is 16. The van der Waals surface area contributed by atoms with Gasteiger partial charge in [-0.1, -0.05) is 0 Å².